The van der Waals surface area contributed by atoms with Crippen molar-refractivity contribution in [3.8, 4) is 0 Å². The van der Waals surface area contributed by atoms with E-state index in [4.69, 9.17) is 5.11 Å². The maximum absolute atomic E-state index is 12.4. The molecular formula is C10H11BrF3NO. The molecule has 1 atom stereocenters. The average Bonchev–Trinajstić information content (AvgIpc) is 2.12. The Hall–Kier alpha value is -0.750. The molecule has 0 saturated carbocycles. The Balaban J connectivity index is 2.90. The summed E-state index contributed by atoms with van der Waals surface area (Å²) in [5.41, 5.74) is -0.405. The molecule has 0 saturated heterocycles. The zero-order valence-corrected chi connectivity index (χ0v) is 10.1. The molecular weight excluding hydrogens is 287 g/mol. The molecule has 6 heteroatoms. The Labute approximate surface area is 99.6 Å². The maximum Gasteiger partial charge on any atom is 0.416 e. The number of hydrogen-bond acceptors (Lipinski definition) is 2. The van der Waals surface area contributed by atoms with Crippen LogP contribution in [0.3, 0.4) is 0 Å². The minimum Gasteiger partial charge on any atom is -0.392 e. The van der Waals surface area contributed by atoms with Crippen molar-refractivity contribution in [3.63, 3.8) is 0 Å². The summed E-state index contributed by atoms with van der Waals surface area (Å²) in [6, 6.07) is 3.54. The molecule has 90 valence electrons. The van der Waals surface area contributed by atoms with Gasteiger partial charge >= 0.3 is 6.18 Å². The Morgan fingerprint density at radius 3 is 2.50 bits per heavy atom. The van der Waals surface area contributed by atoms with E-state index in [0.717, 1.165) is 12.1 Å². The molecule has 0 fully saturated rings. The van der Waals surface area contributed by atoms with Crippen molar-refractivity contribution in [2.75, 3.05) is 11.9 Å². The lowest BCUT2D eigenvalue weighted by Gasteiger charge is -2.12. The second-order valence-corrected chi connectivity index (χ2v) is 4.37. The lowest BCUT2D eigenvalue weighted by Crippen LogP contribution is -2.16. The number of benzene rings is 1. The Morgan fingerprint density at radius 2 is 2.00 bits per heavy atom. The lowest BCUT2D eigenvalue weighted by molar-refractivity contribution is -0.137. The van der Waals surface area contributed by atoms with Crippen molar-refractivity contribution in [1.29, 1.82) is 0 Å². The van der Waals surface area contributed by atoms with Crippen LogP contribution in [0.15, 0.2) is 22.7 Å². The molecule has 1 unspecified atom stereocenters. The summed E-state index contributed by atoms with van der Waals surface area (Å²) in [6.45, 7) is 1.75. The van der Waals surface area contributed by atoms with Gasteiger partial charge in [-0.1, -0.05) is 15.9 Å². The van der Waals surface area contributed by atoms with Crippen molar-refractivity contribution in [3.05, 3.63) is 28.2 Å². The second-order valence-electron chi connectivity index (χ2n) is 3.46. The summed E-state index contributed by atoms with van der Waals surface area (Å²) in [7, 11) is 0. The number of aliphatic hydroxyl groups is 1. The topological polar surface area (TPSA) is 32.3 Å². The van der Waals surface area contributed by atoms with Gasteiger partial charge < -0.3 is 10.4 Å². The van der Waals surface area contributed by atoms with Crippen LogP contribution in [0.2, 0.25) is 0 Å². The van der Waals surface area contributed by atoms with Crippen LogP contribution in [0, 0.1) is 0 Å². The van der Waals surface area contributed by atoms with Crippen LogP contribution in [0.5, 0.6) is 0 Å². The number of anilines is 1. The molecule has 2 nitrogen and oxygen atoms in total. The van der Waals surface area contributed by atoms with Crippen molar-refractivity contribution in [1.82, 2.24) is 0 Å². The third kappa shape index (κ3) is 4.02. The average molecular weight is 298 g/mol. The van der Waals surface area contributed by atoms with Gasteiger partial charge in [-0.2, -0.15) is 13.2 Å². The van der Waals surface area contributed by atoms with Crippen LogP contribution >= 0.6 is 15.9 Å². The zero-order valence-electron chi connectivity index (χ0n) is 8.48. The fourth-order valence-corrected chi connectivity index (χ4v) is 1.61. The Bertz CT molecular complexity index is 366. The molecule has 2 N–H and O–H groups in total. The fourth-order valence-electron chi connectivity index (χ4n) is 1.12. The van der Waals surface area contributed by atoms with Crippen LogP contribution in [-0.4, -0.2) is 17.8 Å². The minimum atomic E-state index is -4.37. The van der Waals surface area contributed by atoms with Gasteiger partial charge in [-0.15, -0.1) is 0 Å². The van der Waals surface area contributed by atoms with E-state index in [9.17, 15) is 13.2 Å². The smallest absolute Gasteiger partial charge is 0.392 e. The van der Waals surface area contributed by atoms with Gasteiger partial charge in [-0.05, 0) is 25.1 Å². The van der Waals surface area contributed by atoms with E-state index in [2.05, 4.69) is 21.2 Å². The highest BCUT2D eigenvalue weighted by molar-refractivity contribution is 9.10. The number of nitrogens with one attached hydrogen (secondary N) is 1. The third-order valence-electron chi connectivity index (χ3n) is 1.83. The normalized spacial score (nSPS) is 13.6. The summed E-state index contributed by atoms with van der Waals surface area (Å²) in [5.74, 6) is 0. The van der Waals surface area contributed by atoms with E-state index >= 15 is 0 Å². The molecule has 0 aliphatic carbocycles. The van der Waals surface area contributed by atoms with Gasteiger partial charge in [0.2, 0.25) is 0 Å². The summed E-state index contributed by atoms with van der Waals surface area (Å²) < 4.78 is 37.7. The minimum absolute atomic E-state index is 0.202. The first kappa shape index (κ1) is 13.3. The number of halogens is 4. The van der Waals surface area contributed by atoms with E-state index in [1.165, 1.54) is 6.07 Å². The van der Waals surface area contributed by atoms with Crippen molar-refractivity contribution < 1.29 is 18.3 Å². The number of alkyl halides is 3. The van der Waals surface area contributed by atoms with Crippen molar-refractivity contribution in [2.24, 2.45) is 0 Å². The van der Waals surface area contributed by atoms with Crippen LogP contribution in [0.25, 0.3) is 0 Å². The summed E-state index contributed by atoms with van der Waals surface area (Å²) >= 11 is 3.01. The molecule has 0 amide bonds. The second kappa shape index (κ2) is 5.05. The monoisotopic (exact) mass is 297 g/mol. The van der Waals surface area contributed by atoms with Gasteiger partial charge in [0, 0.05) is 16.7 Å². The van der Waals surface area contributed by atoms with Gasteiger partial charge in [0.05, 0.1) is 11.7 Å². The molecule has 0 aliphatic heterocycles. The predicted octanol–water partition coefficient (Wildman–Crippen LogP) is 3.26. The number of hydrogen-bond donors (Lipinski definition) is 2. The van der Waals surface area contributed by atoms with E-state index in [1.54, 1.807) is 6.92 Å². The summed E-state index contributed by atoms with van der Waals surface area (Å²) in [5, 5.41) is 11.7. The highest BCUT2D eigenvalue weighted by Crippen LogP contribution is 2.33. The van der Waals surface area contributed by atoms with E-state index in [0.29, 0.717) is 10.2 Å². The van der Waals surface area contributed by atoms with Crippen LogP contribution < -0.4 is 5.32 Å². The predicted molar refractivity (Wildman–Crippen MR) is 59.3 cm³/mol. The standard InChI is InChI=1S/C10H11BrF3NO/c1-6(16)5-15-9-3-7(10(12,13)14)2-8(11)4-9/h2-4,6,15-16H,5H2,1H3. The largest absolute Gasteiger partial charge is 0.416 e. The van der Waals surface area contributed by atoms with Crippen molar-refractivity contribution >= 4 is 21.6 Å². The molecule has 0 spiro atoms. The quantitative estimate of drug-likeness (QED) is 0.897. The molecule has 0 aromatic heterocycles. The van der Waals surface area contributed by atoms with Gasteiger partial charge in [-0.25, -0.2) is 0 Å². The fraction of sp³-hybridized carbons (Fsp3) is 0.400. The first-order chi connectivity index (χ1) is 7.29. The molecule has 1 aromatic rings. The molecule has 1 aromatic carbocycles. The Morgan fingerprint density at radius 1 is 1.38 bits per heavy atom. The van der Waals surface area contributed by atoms with Crippen LogP contribution in [0.4, 0.5) is 18.9 Å². The van der Waals surface area contributed by atoms with E-state index in [-0.39, 0.29) is 6.54 Å². The first-order valence-electron chi connectivity index (χ1n) is 4.59. The highest BCUT2D eigenvalue weighted by Gasteiger charge is 2.31. The van der Waals surface area contributed by atoms with E-state index < -0.39 is 17.8 Å². The molecule has 0 aliphatic rings. The summed E-state index contributed by atoms with van der Waals surface area (Å²) in [4.78, 5) is 0. The lowest BCUT2D eigenvalue weighted by atomic mass is 10.2. The van der Waals surface area contributed by atoms with Gasteiger partial charge in [0.25, 0.3) is 0 Å². The summed E-state index contributed by atoms with van der Waals surface area (Å²) in [6.07, 6.45) is -4.99. The molecule has 16 heavy (non-hydrogen) atoms. The third-order valence-corrected chi connectivity index (χ3v) is 2.28. The van der Waals surface area contributed by atoms with Gasteiger partial charge in [-0.3, -0.25) is 0 Å². The SMILES string of the molecule is CC(O)CNc1cc(Br)cc(C(F)(F)F)c1. The van der Waals surface area contributed by atoms with Crippen molar-refractivity contribution in [2.45, 2.75) is 19.2 Å². The molecule has 0 bridgehead atoms. The zero-order chi connectivity index (χ0) is 12.3. The Kier molecular flexibility index (Phi) is 4.21. The van der Waals surface area contributed by atoms with Gasteiger partial charge in [0.15, 0.2) is 0 Å². The molecule has 0 heterocycles. The van der Waals surface area contributed by atoms with Crippen LogP contribution in [0.1, 0.15) is 12.5 Å². The number of aliphatic hydroxyl groups excluding tert-OH is 1. The van der Waals surface area contributed by atoms with Crippen LogP contribution in [-0.2, 0) is 6.18 Å². The molecule has 1 rings (SSSR count). The highest BCUT2D eigenvalue weighted by atomic mass is 79.9. The number of rotatable bonds is 3. The van der Waals surface area contributed by atoms with E-state index in [1.807, 2.05) is 0 Å². The molecule has 0 radical (unpaired) electrons. The maximum atomic E-state index is 12.4. The van der Waals surface area contributed by atoms with Gasteiger partial charge in [0.1, 0.15) is 0 Å². The first-order valence-corrected chi connectivity index (χ1v) is 5.38.